The molecular formula is C10H18N4O3S. The smallest absolute Gasteiger partial charge is 0.270 e. The van der Waals surface area contributed by atoms with Crippen LogP contribution in [-0.2, 0) is 9.47 Å². The van der Waals surface area contributed by atoms with Crippen LogP contribution in [0.25, 0.3) is 0 Å². The number of anilines is 1. The lowest BCUT2D eigenvalue weighted by Crippen LogP contribution is -2.37. The van der Waals surface area contributed by atoms with Crippen molar-refractivity contribution in [2.24, 2.45) is 5.73 Å². The largest absolute Gasteiger partial charge is 0.472 e. The quantitative estimate of drug-likeness (QED) is 0.764. The molecule has 1 aromatic rings. The number of nitrogens with zero attached hydrogens (tertiary/aromatic N) is 3. The summed E-state index contributed by atoms with van der Waals surface area (Å²) >= 11 is 1.15. The molecule has 0 aromatic carbocycles. The monoisotopic (exact) mass is 274 g/mol. The van der Waals surface area contributed by atoms with Crippen LogP contribution in [0.15, 0.2) is 0 Å². The fourth-order valence-corrected chi connectivity index (χ4v) is 2.16. The molecule has 1 unspecified atom stereocenters. The van der Waals surface area contributed by atoms with E-state index in [9.17, 15) is 0 Å². The van der Waals surface area contributed by atoms with Crippen molar-refractivity contribution >= 4 is 17.5 Å². The highest BCUT2D eigenvalue weighted by molar-refractivity contribution is 6.99. The molecule has 7 nitrogen and oxygen atoms in total. The number of morpholine rings is 1. The van der Waals surface area contributed by atoms with Crippen molar-refractivity contribution in [3.8, 4) is 5.88 Å². The third kappa shape index (κ3) is 3.29. The molecule has 18 heavy (non-hydrogen) atoms. The first kappa shape index (κ1) is 13.5. The van der Waals surface area contributed by atoms with Crippen LogP contribution in [0, 0.1) is 0 Å². The minimum absolute atomic E-state index is 0.121. The molecule has 102 valence electrons. The molecular weight excluding hydrogens is 256 g/mol. The summed E-state index contributed by atoms with van der Waals surface area (Å²) in [6, 6.07) is 0. The number of methoxy groups -OCH3 is 1. The zero-order valence-electron chi connectivity index (χ0n) is 10.4. The Morgan fingerprint density at radius 2 is 2.22 bits per heavy atom. The summed E-state index contributed by atoms with van der Waals surface area (Å²) in [5.41, 5.74) is 5.54. The average molecular weight is 274 g/mol. The normalized spacial score (nSPS) is 17.8. The summed E-state index contributed by atoms with van der Waals surface area (Å²) in [7, 11) is 1.61. The van der Waals surface area contributed by atoms with E-state index in [1.807, 2.05) is 0 Å². The molecule has 0 amide bonds. The molecule has 0 aliphatic carbocycles. The number of hydrogen-bond donors (Lipinski definition) is 1. The van der Waals surface area contributed by atoms with Gasteiger partial charge >= 0.3 is 0 Å². The molecule has 2 heterocycles. The van der Waals surface area contributed by atoms with Crippen LogP contribution < -0.4 is 15.4 Å². The van der Waals surface area contributed by atoms with E-state index in [4.69, 9.17) is 19.9 Å². The van der Waals surface area contributed by atoms with Gasteiger partial charge in [-0.2, -0.15) is 4.37 Å². The Morgan fingerprint density at radius 3 is 2.89 bits per heavy atom. The SMILES string of the molecule is COC(CN)COc1nsnc1N1CCOCC1. The first-order valence-electron chi connectivity index (χ1n) is 5.86. The minimum Gasteiger partial charge on any atom is -0.472 e. The van der Waals surface area contributed by atoms with Gasteiger partial charge in [0.25, 0.3) is 5.88 Å². The second-order valence-electron chi connectivity index (χ2n) is 3.90. The Morgan fingerprint density at radius 1 is 1.44 bits per heavy atom. The Bertz CT molecular complexity index is 353. The average Bonchev–Trinajstić information content (AvgIpc) is 2.89. The van der Waals surface area contributed by atoms with E-state index in [1.54, 1.807) is 7.11 Å². The van der Waals surface area contributed by atoms with Crippen molar-refractivity contribution in [2.75, 3.05) is 51.5 Å². The number of aromatic nitrogens is 2. The zero-order valence-corrected chi connectivity index (χ0v) is 11.2. The highest BCUT2D eigenvalue weighted by Crippen LogP contribution is 2.26. The molecule has 1 atom stereocenters. The Kier molecular flexibility index (Phi) is 5.12. The van der Waals surface area contributed by atoms with Gasteiger partial charge in [0.2, 0.25) is 5.82 Å². The maximum absolute atomic E-state index is 5.62. The predicted molar refractivity (Wildman–Crippen MR) is 68.3 cm³/mol. The van der Waals surface area contributed by atoms with Crippen molar-refractivity contribution in [3.05, 3.63) is 0 Å². The van der Waals surface area contributed by atoms with Gasteiger partial charge in [-0.05, 0) is 0 Å². The maximum Gasteiger partial charge on any atom is 0.270 e. The van der Waals surface area contributed by atoms with E-state index in [1.165, 1.54) is 0 Å². The molecule has 0 spiro atoms. The van der Waals surface area contributed by atoms with Crippen LogP contribution in [0.4, 0.5) is 5.82 Å². The minimum atomic E-state index is -0.121. The highest BCUT2D eigenvalue weighted by Gasteiger charge is 2.20. The second-order valence-corrected chi connectivity index (χ2v) is 4.43. The summed E-state index contributed by atoms with van der Waals surface area (Å²) < 4.78 is 24.5. The van der Waals surface area contributed by atoms with Crippen LogP contribution in [0.1, 0.15) is 0 Å². The molecule has 2 rings (SSSR count). The van der Waals surface area contributed by atoms with E-state index >= 15 is 0 Å². The van der Waals surface area contributed by atoms with Gasteiger partial charge < -0.3 is 24.8 Å². The molecule has 0 bridgehead atoms. The van der Waals surface area contributed by atoms with Gasteiger partial charge in [0.1, 0.15) is 12.7 Å². The second kappa shape index (κ2) is 6.83. The van der Waals surface area contributed by atoms with Gasteiger partial charge in [-0.1, -0.05) is 0 Å². The molecule has 0 saturated carbocycles. The number of ether oxygens (including phenoxy) is 3. The van der Waals surface area contributed by atoms with Gasteiger partial charge in [0, 0.05) is 26.7 Å². The van der Waals surface area contributed by atoms with Gasteiger partial charge in [0.05, 0.1) is 24.9 Å². The van der Waals surface area contributed by atoms with Crippen molar-refractivity contribution in [3.63, 3.8) is 0 Å². The third-order valence-electron chi connectivity index (χ3n) is 2.76. The standard InChI is InChI=1S/C10H18N4O3S/c1-15-8(6-11)7-17-10-9(12-18-13-10)14-2-4-16-5-3-14/h8H,2-7,11H2,1H3. The van der Waals surface area contributed by atoms with Crippen LogP contribution in [-0.4, -0.2) is 61.4 Å². The Hall–Kier alpha value is -0.960. The Labute approximate surface area is 110 Å². The molecule has 1 saturated heterocycles. The molecule has 0 radical (unpaired) electrons. The van der Waals surface area contributed by atoms with E-state index in [0.29, 0.717) is 32.2 Å². The summed E-state index contributed by atoms with van der Waals surface area (Å²) in [5.74, 6) is 1.34. The fourth-order valence-electron chi connectivity index (χ4n) is 1.64. The first-order chi connectivity index (χ1) is 8.85. The summed E-state index contributed by atoms with van der Waals surface area (Å²) in [6.07, 6.45) is -0.121. The molecule has 1 aliphatic heterocycles. The van der Waals surface area contributed by atoms with E-state index in [-0.39, 0.29) is 6.10 Å². The van der Waals surface area contributed by atoms with Gasteiger partial charge in [-0.25, -0.2) is 0 Å². The molecule has 1 fully saturated rings. The molecule has 1 aromatic heterocycles. The van der Waals surface area contributed by atoms with Crippen LogP contribution in [0.5, 0.6) is 5.88 Å². The lowest BCUT2D eigenvalue weighted by atomic mass is 10.4. The van der Waals surface area contributed by atoms with Crippen LogP contribution >= 0.6 is 11.7 Å². The van der Waals surface area contributed by atoms with Gasteiger partial charge in [-0.15, -0.1) is 4.37 Å². The lowest BCUT2D eigenvalue weighted by Gasteiger charge is -2.27. The summed E-state index contributed by atoms with van der Waals surface area (Å²) in [4.78, 5) is 2.12. The molecule has 1 aliphatic rings. The number of nitrogens with two attached hydrogens (primary N) is 1. The van der Waals surface area contributed by atoms with E-state index in [0.717, 1.165) is 30.6 Å². The number of rotatable bonds is 6. The van der Waals surface area contributed by atoms with E-state index < -0.39 is 0 Å². The summed E-state index contributed by atoms with van der Waals surface area (Å²) in [6.45, 7) is 3.84. The van der Waals surface area contributed by atoms with Crippen molar-refractivity contribution in [2.45, 2.75) is 6.10 Å². The topological polar surface area (TPSA) is 82.7 Å². The van der Waals surface area contributed by atoms with Crippen molar-refractivity contribution < 1.29 is 14.2 Å². The van der Waals surface area contributed by atoms with E-state index in [2.05, 4.69) is 13.6 Å². The molecule has 2 N–H and O–H groups in total. The zero-order chi connectivity index (χ0) is 12.8. The first-order valence-corrected chi connectivity index (χ1v) is 6.59. The lowest BCUT2D eigenvalue weighted by molar-refractivity contribution is 0.0629. The third-order valence-corrected chi connectivity index (χ3v) is 3.26. The van der Waals surface area contributed by atoms with Crippen molar-refractivity contribution in [1.82, 2.24) is 8.75 Å². The van der Waals surface area contributed by atoms with Crippen LogP contribution in [0.2, 0.25) is 0 Å². The maximum atomic E-state index is 5.62. The number of hydrogen-bond acceptors (Lipinski definition) is 8. The molecule has 8 heteroatoms. The summed E-state index contributed by atoms with van der Waals surface area (Å²) in [5, 5.41) is 0. The highest BCUT2D eigenvalue weighted by atomic mass is 32.1. The fraction of sp³-hybridized carbons (Fsp3) is 0.800. The van der Waals surface area contributed by atoms with Crippen molar-refractivity contribution in [1.29, 1.82) is 0 Å². The van der Waals surface area contributed by atoms with Gasteiger partial charge in [0.15, 0.2) is 0 Å². The Balaban J connectivity index is 1.94. The predicted octanol–water partition coefficient (Wildman–Crippen LogP) is -0.273. The van der Waals surface area contributed by atoms with Crippen LogP contribution in [0.3, 0.4) is 0 Å². The van der Waals surface area contributed by atoms with Gasteiger partial charge in [-0.3, -0.25) is 0 Å².